The first kappa shape index (κ1) is 13.0. The molecule has 0 spiro atoms. The summed E-state index contributed by atoms with van der Waals surface area (Å²) in [5, 5.41) is 0. The normalized spacial score (nSPS) is 10.9. The van der Waals surface area contributed by atoms with Crippen LogP contribution in [-0.2, 0) is 6.54 Å². The summed E-state index contributed by atoms with van der Waals surface area (Å²) >= 11 is 0. The van der Waals surface area contributed by atoms with Crippen molar-refractivity contribution in [3.63, 3.8) is 0 Å². The highest BCUT2D eigenvalue weighted by Gasteiger charge is 2.05. The van der Waals surface area contributed by atoms with Crippen LogP contribution >= 0.6 is 0 Å². The van der Waals surface area contributed by atoms with Crippen molar-refractivity contribution in [3.8, 4) is 0 Å². The molecule has 1 aromatic carbocycles. The average Bonchev–Trinajstić information content (AvgIpc) is 2.25. The lowest BCUT2D eigenvalue weighted by molar-refractivity contribution is 0.416. The van der Waals surface area contributed by atoms with Crippen LogP contribution in [0.4, 0.5) is 5.69 Å². The van der Waals surface area contributed by atoms with Crippen LogP contribution in [0, 0.1) is 6.92 Å². The molecule has 0 saturated carbocycles. The standard InChI is InChI=1S/C13H23N3/c1-11-9-12(10-14)5-6-13(11)16(4)8-7-15(2)3/h5-6,9H,7-8,10,14H2,1-4H3. The summed E-state index contributed by atoms with van der Waals surface area (Å²) in [6.45, 7) is 4.85. The highest BCUT2D eigenvalue weighted by molar-refractivity contribution is 5.53. The second-order valence-electron chi connectivity index (χ2n) is 4.55. The van der Waals surface area contributed by atoms with Crippen molar-refractivity contribution in [2.24, 2.45) is 5.73 Å². The molecule has 3 heteroatoms. The predicted octanol–water partition coefficient (Wildman–Crippen LogP) is 1.45. The number of benzene rings is 1. The topological polar surface area (TPSA) is 32.5 Å². The number of nitrogens with two attached hydrogens (primary N) is 1. The van der Waals surface area contributed by atoms with Crippen LogP contribution in [-0.4, -0.2) is 39.1 Å². The Hall–Kier alpha value is -1.06. The molecular formula is C13H23N3. The molecule has 90 valence electrons. The van der Waals surface area contributed by atoms with Crippen molar-refractivity contribution in [1.82, 2.24) is 4.90 Å². The van der Waals surface area contributed by atoms with Crippen molar-refractivity contribution in [1.29, 1.82) is 0 Å². The van der Waals surface area contributed by atoms with Crippen LogP contribution in [0.25, 0.3) is 0 Å². The zero-order valence-corrected chi connectivity index (χ0v) is 10.8. The van der Waals surface area contributed by atoms with Crippen molar-refractivity contribution in [3.05, 3.63) is 29.3 Å². The average molecular weight is 221 g/mol. The summed E-state index contributed by atoms with van der Waals surface area (Å²) in [6.07, 6.45) is 0. The summed E-state index contributed by atoms with van der Waals surface area (Å²) < 4.78 is 0. The van der Waals surface area contributed by atoms with Gasteiger partial charge in [-0.25, -0.2) is 0 Å². The monoisotopic (exact) mass is 221 g/mol. The fourth-order valence-electron chi connectivity index (χ4n) is 1.74. The van der Waals surface area contributed by atoms with Crippen LogP contribution in [0.3, 0.4) is 0 Å². The molecule has 0 fully saturated rings. The van der Waals surface area contributed by atoms with E-state index < -0.39 is 0 Å². The van der Waals surface area contributed by atoms with Gasteiger partial charge in [0, 0.05) is 32.4 Å². The molecule has 0 atom stereocenters. The number of anilines is 1. The van der Waals surface area contributed by atoms with Crippen molar-refractivity contribution >= 4 is 5.69 Å². The molecule has 0 aliphatic heterocycles. The molecule has 3 nitrogen and oxygen atoms in total. The Labute approximate surface area is 98.8 Å². The quantitative estimate of drug-likeness (QED) is 0.817. The molecule has 0 aliphatic carbocycles. The van der Waals surface area contributed by atoms with Crippen molar-refractivity contribution in [2.75, 3.05) is 39.1 Å². The highest BCUT2D eigenvalue weighted by Crippen LogP contribution is 2.19. The Bertz CT molecular complexity index is 334. The lowest BCUT2D eigenvalue weighted by Gasteiger charge is -2.23. The molecule has 0 heterocycles. The second-order valence-corrected chi connectivity index (χ2v) is 4.55. The Kier molecular flexibility index (Phi) is 4.77. The third kappa shape index (κ3) is 3.51. The van der Waals surface area contributed by atoms with E-state index in [0.29, 0.717) is 6.54 Å². The van der Waals surface area contributed by atoms with Gasteiger partial charge < -0.3 is 15.5 Å². The number of likely N-dealkylation sites (N-methyl/N-ethyl adjacent to an activating group) is 2. The first-order valence-electron chi connectivity index (χ1n) is 5.70. The van der Waals surface area contributed by atoms with Crippen molar-refractivity contribution in [2.45, 2.75) is 13.5 Å². The Morgan fingerprint density at radius 2 is 1.81 bits per heavy atom. The lowest BCUT2D eigenvalue weighted by atomic mass is 10.1. The Morgan fingerprint density at radius 3 is 2.31 bits per heavy atom. The molecule has 1 aromatic rings. The summed E-state index contributed by atoms with van der Waals surface area (Å²) in [4.78, 5) is 4.48. The van der Waals surface area contributed by atoms with Gasteiger partial charge in [-0.2, -0.15) is 0 Å². The third-order valence-electron chi connectivity index (χ3n) is 2.79. The number of rotatable bonds is 5. The maximum absolute atomic E-state index is 5.62. The van der Waals surface area contributed by atoms with Gasteiger partial charge in [0.1, 0.15) is 0 Å². The molecule has 0 unspecified atom stereocenters. The maximum Gasteiger partial charge on any atom is 0.0393 e. The van der Waals surface area contributed by atoms with E-state index in [1.807, 2.05) is 0 Å². The van der Waals surface area contributed by atoms with Gasteiger partial charge in [-0.15, -0.1) is 0 Å². The molecule has 0 amide bonds. The van der Waals surface area contributed by atoms with Crippen LogP contribution < -0.4 is 10.6 Å². The van der Waals surface area contributed by atoms with Crippen molar-refractivity contribution < 1.29 is 0 Å². The van der Waals surface area contributed by atoms with E-state index in [9.17, 15) is 0 Å². The molecule has 0 aliphatic rings. The fraction of sp³-hybridized carbons (Fsp3) is 0.538. The fourth-order valence-corrected chi connectivity index (χ4v) is 1.74. The molecule has 2 N–H and O–H groups in total. The van der Waals surface area contributed by atoms with Gasteiger partial charge in [-0.1, -0.05) is 12.1 Å². The highest BCUT2D eigenvalue weighted by atomic mass is 15.2. The molecule has 16 heavy (non-hydrogen) atoms. The molecule has 0 bridgehead atoms. The van der Waals surface area contributed by atoms with Gasteiger partial charge in [0.2, 0.25) is 0 Å². The first-order valence-corrected chi connectivity index (χ1v) is 5.70. The third-order valence-corrected chi connectivity index (χ3v) is 2.79. The zero-order valence-electron chi connectivity index (χ0n) is 10.8. The molecule has 0 saturated heterocycles. The summed E-state index contributed by atoms with van der Waals surface area (Å²) in [5.41, 5.74) is 9.41. The molecule has 0 radical (unpaired) electrons. The minimum atomic E-state index is 0.614. The van der Waals surface area contributed by atoms with Gasteiger partial charge in [0.05, 0.1) is 0 Å². The molecular weight excluding hydrogens is 198 g/mol. The second kappa shape index (κ2) is 5.87. The van der Waals surface area contributed by atoms with Crippen LogP contribution in [0.1, 0.15) is 11.1 Å². The summed E-state index contributed by atoms with van der Waals surface area (Å²) in [6, 6.07) is 6.43. The summed E-state index contributed by atoms with van der Waals surface area (Å²) in [5.74, 6) is 0. The van der Waals surface area contributed by atoms with Crippen LogP contribution in [0.5, 0.6) is 0 Å². The maximum atomic E-state index is 5.62. The van der Waals surface area contributed by atoms with Gasteiger partial charge in [-0.05, 0) is 38.2 Å². The summed E-state index contributed by atoms with van der Waals surface area (Å²) in [7, 11) is 6.32. The van der Waals surface area contributed by atoms with Gasteiger partial charge in [0.15, 0.2) is 0 Å². The van der Waals surface area contributed by atoms with E-state index in [2.05, 4.69) is 56.1 Å². The smallest absolute Gasteiger partial charge is 0.0393 e. The predicted molar refractivity (Wildman–Crippen MR) is 70.9 cm³/mol. The lowest BCUT2D eigenvalue weighted by Crippen LogP contribution is -2.28. The van der Waals surface area contributed by atoms with E-state index in [-0.39, 0.29) is 0 Å². The minimum Gasteiger partial charge on any atom is -0.373 e. The van der Waals surface area contributed by atoms with Gasteiger partial charge in [-0.3, -0.25) is 0 Å². The number of nitrogens with zero attached hydrogens (tertiary/aromatic N) is 2. The van der Waals surface area contributed by atoms with Gasteiger partial charge in [0.25, 0.3) is 0 Å². The molecule has 0 aromatic heterocycles. The van der Waals surface area contributed by atoms with E-state index in [1.165, 1.54) is 16.8 Å². The van der Waals surface area contributed by atoms with E-state index in [0.717, 1.165) is 13.1 Å². The zero-order chi connectivity index (χ0) is 12.1. The largest absolute Gasteiger partial charge is 0.373 e. The SMILES string of the molecule is Cc1cc(CN)ccc1N(C)CCN(C)C. The van der Waals surface area contributed by atoms with E-state index in [4.69, 9.17) is 5.73 Å². The Morgan fingerprint density at radius 1 is 1.12 bits per heavy atom. The number of hydrogen-bond acceptors (Lipinski definition) is 3. The minimum absolute atomic E-state index is 0.614. The number of aryl methyl sites for hydroxylation is 1. The van der Waals surface area contributed by atoms with Gasteiger partial charge >= 0.3 is 0 Å². The number of hydrogen-bond donors (Lipinski definition) is 1. The van der Waals surface area contributed by atoms with E-state index >= 15 is 0 Å². The van der Waals surface area contributed by atoms with Crippen LogP contribution in [0.15, 0.2) is 18.2 Å². The first-order chi connectivity index (χ1) is 7.54. The van der Waals surface area contributed by atoms with E-state index in [1.54, 1.807) is 0 Å². The van der Waals surface area contributed by atoms with Crippen LogP contribution in [0.2, 0.25) is 0 Å². The Balaban J connectivity index is 2.71. The molecule has 1 rings (SSSR count).